The minimum absolute atomic E-state index is 0.0507. The highest BCUT2D eigenvalue weighted by Gasteiger charge is 2.79. The lowest BCUT2D eigenvalue weighted by Crippen LogP contribution is -2.62. The van der Waals surface area contributed by atoms with Gasteiger partial charge in [-0.1, -0.05) is 38.5 Å². The van der Waals surface area contributed by atoms with Crippen LogP contribution in [0, 0.1) is 0 Å². The molecule has 16 heteroatoms. The predicted octanol–water partition coefficient (Wildman–Crippen LogP) is 10.0. The zero-order chi connectivity index (χ0) is 37.0. The lowest BCUT2D eigenvalue weighted by molar-refractivity contribution is -0.368. The molecule has 0 aliphatic heterocycles. The first-order valence-corrected chi connectivity index (χ1v) is 14.8. The zero-order valence-electron chi connectivity index (χ0n) is 26.1. The monoisotopic (exact) mass is 716 g/mol. The summed E-state index contributed by atoms with van der Waals surface area (Å²) in [7, 11) is 0. The maximum Gasteiger partial charge on any atom is 0.417 e. The molecule has 49 heavy (non-hydrogen) atoms. The molecule has 270 valence electrons. The van der Waals surface area contributed by atoms with Crippen molar-refractivity contribution in [2.45, 2.75) is 82.2 Å². The van der Waals surface area contributed by atoms with Crippen molar-refractivity contribution in [3.8, 4) is 16.9 Å². The van der Waals surface area contributed by atoms with Crippen LogP contribution >= 0.6 is 0 Å². The molecule has 0 unspecified atom stereocenters. The third-order valence-electron chi connectivity index (χ3n) is 7.45. The number of benzene rings is 2. The zero-order valence-corrected chi connectivity index (χ0v) is 26.1. The normalized spacial score (nSPS) is 13.1. The predicted molar refractivity (Wildman–Crippen MR) is 156 cm³/mol. The lowest BCUT2D eigenvalue weighted by atomic mass is 9.95. The van der Waals surface area contributed by atoms with Crippen LogP contribution in [0.5, 0.6) is 5.75 Å². The van der Waals surface area contributed by atoms with E-state index in [4.69, 9.17) is 9.15 Å². The van der Waals surface area contributed by atoms with Gasteiger partial charge in [0.15, 0.2) is 0 Å². The summed E-state index contributed by atoms with van der Waals surface area (Å²) in [5.74, 6) is -26.4. The molecule has 0 saturated heterocycles. The number of aryl methyl sites for hydroxylation is 1. The van der Waals surface area contributed by atoms with Crippen LogP contribution in [-0.2, 0) is 22.1 Å². The Morgan fingerprint density at radius 2 is 1.41 bits per heavy atom. The van der Waals surface area contributed by atoms with E-state index in [1.165, 1.54) is 6.07 Å². The molecule has 0 bridgehead atoms. The summed E-state index contributed by atoms with van der Waals surface area (Å²) in [5, 5.41) is 0.0507. The van der Waals surface area contributed by atoms with E-state index in [1.807, 2.05) is 6.92 Å². The number of carbonyl (C=O) groups excluding carboxylic acids is 1. The topological polar surface area (TPSA) is 65.7 Å². The summed E-state index contributed by atoms with van der Waals surface area (Å²) in [4.78, 5) is 24.0. The van der Waals surface area contributed by atoms with Crippen LogP contribution in [0.1, 0.15) is 57.1 Å². The number of carbonyl (C=O) groups is 1. The Kier molecular flexibility index (Phi) is 11.9. The Morgan fingerprint density at radius 1 is 0.796 bits per heavy atom. The number of rotatable bonds is 16. The van der Waals surface area contributed by atoms with Gasteiger partial charge >= 0.3 is 41.5 Å². The van der Waals surface area contributed by atoms with Crippen LogP contribution in [-0.4, -0.2) is 42.9 Å². The maximum absolute atomic E-state index is 14.3. The first kappa shape index (κ1) is 39.3. The number of halogens is 11. The third-order valence-corrected chi connectivity index (χ3v) is 7.45. The highest BCUT2D eigenvalue weighted by molar-refractivity contribution is 5.87. The van der Waals surface area contributed by atoms with Crippen molar-refractivity contribution in [1.29, 1.82) is 0 Å². The van der Waals surface area contributed by atoms with E-state index in [2.05, 4.69) is 11.3 Å². The van der Waals surface area contributed by atoms with Gasteiger partial charge in [-0.15, -0.1) is 0 Å². The van der Waals surface area contributed by atoms with E-state index in [1.54, 1.807) is 0 Å². The maximum atomic E-state index is 14.3. The SMILES string of the molecule is C=C(C)C(=O)OCCC(F)(F)C(F)(F)C(F)(F)C(F)(F)CCOc1ccc2cc(-c3ccc(CCCCC)cc3C(F)(F)F)c(=O)oc2c1. The average molecular weight is 717 g/mol. The Morgan fingerprint density at radius 3 is 1.98 bits per heavy atom. The van der Waals surface area contributed by atoms with Gasteiger partial charge in [0, 0.05) is 22.6 Å². The number of ether oxygens (including phenoxy) is 2. The fourth-order valence-electron chi connectivity index (χ4n) is 4.63. The highest BCUT2D eigenvalue weighted by Crippen LogP contribution is 2.54. The van der Waals surface area contributed by atoms with Gasteiger partial charge in [0.25, 0.3) is 0 Å². The second-order valence-corrected chi connectivity index (χ2v) is 11.3. The van der Waals surface area contributed by atoms with Gasteiger partial charge in [-0.2, -0.15) is 48.3 Å². The first-order valence-electron chi connectivity index (χ1n) is 14.8. The van der Waals surface area contributed by atoms with Crippen molar-refractivity contribution in [2.75, 3.05) is 13.2 Å². The van der Waals surface area contributed by atoms with Crippen LogP contribution in [0.4, 0.5) is 48.3 Å². The molecule has 3 aromatic rings. The summed E-state index contributed by atoms with van der Waals surface area (Å²) in [5.41, 5.74) is -3.39. The molecule has 3 rings (SSSR count). The fourth-order valence-corrected chi connectivity index (χ4v) is 4.63. The van der Waals surface area contributed by atoms with E-state index in [0.29, 0.717) is 18.4 Å². The van der Waals surface area contributed by atoms with Gasteiger partial charge in [-0.05, 0) is 49.6 Å². The number of fused-ring (bicyclic) bond motifs is 1. The molecule has 0 aliphatic rings. The van der Waals surface area contributed by atoms with Crippen molar-refractivity contribution in [3.63, 3.8) is 0 Å². The number of hydrogen-bond acceptors (Lipinski definition) is 5. The number of hydrogen-bond donors (Lipinski definition) is 0. The van der Waals surface area contributed by atoms with Crippen LogP contribution in [0.3, 0.4) is 0 Å². The Bertz CT molecular complexity index is 1710. The molecular weight excluding hydrogens is 685 g/mol. The minimum Gasteiger partial charge on any atom is -0.493 e. The summed E-state index contributed by atoms with van der Waals surface area (Å²) in [6, 6.07) is 7.73. The molecular formula is C33H31F11O5. The van der Waals surface area contributed by atoms with Gasteiger partial charge in [-0.25, -0.2) is 9.59 Å². The molecule has 1 aromatic heterocycles. The molecule has 5 nitrogen and oxygen atoms in total. The quantitative estimate of drug-likeness (QED) is 0.0486. The molecule has 0 fully saturated rings. The largest absolute Gasteiger partial charge is 0.493 e. The van der Waals surface area contributed by atoms with E-state index in [9.17, 15) is 57.9 Å². The van der Waals surface area contributed by atoms with Crippen LogP contribution in [0.2, 0.25) is 0 Å². The second kappa shape index (κ2) is 14.8. The van der Waals surface area contributed by atoms with Crippen molar-refractivity contribution in [2.24, 2.45) is 0 Å². The minimum atomic E-state index is -6.60. The average Bonchev–Trinajstić information content (AvgIpc) is 3.00. The molecule has 0 radical (unpaired) electrons. The molecule has 0 spiro atoms. The number of unbranched alkanes of at least 4 members (excludes halogenated alkanes) is 2. The standard InChI is InChI=1S/C33H31F11O5/c1-4-5-6-7-20-8-11-23(25(16-20)31(38,39)40)24-17-21-9-10-22(18-26(21)49-28(24)46)47-14-12-29(34,35)32(41,42)33(43,44)30(36,37)13-15-48-27(45)19(2)3/h8-11,16-18H,2,4-7,12-15H2,1,3H3. The van der Waals surface area contributed by atoms with Crippen LogP contribution in [0.25, 0.3) is 22.1 Å². The van der Waals surface area contributed by atoms with Gasteiger partial charge in [0.05, 0.1) is 37.2 Å². The molecule has 2 aromatic carbocycles. The second-order valence-electron chi connectivity index (χ2n) is 11.3. The van der Waals surface area contributed by atoms with Crippen molar-refractivity contribution in [3.05, 3.63) is 76.2 Å². The third kappa shape index (κ3) is 8.74. The first-order chi connectivity index (χ1) is 22.6. The summed E-state index contributed by atoms with van der Waals surface area (Å²) >= 11 is 0. The summed E-state index contributed by atoms with van der Waals surface area (Å²) in [6.45, 7) is 3.22. The van der Waals surface area contributed by atoms with Crippen molar-refractivity contribution >= 4 is 16.9 Å². The number of esters is 1. The van der Waals surface area contributed by atoms with Gasteiger partial charge in [-0.3, -0.25) is 0 Å². The Balaban J connectivity index is 1.77. The van der Waals surface area contributed by atoms with Crippen molar-refractivity contribution in [1.82, 2.24) is 0 Å². The number of alkyl halides is 11. The Labute approximate surface area is 272 Å². The Hall–Kier alpha value is -4.11. The molecule has 0 N–H and O–H groups in total. The van der Waals surface area contributed by atoms with Crippen LogP contribution in [0.15, 0.2) is 63.8 Å². The molecule has 1 heterocycles. The fraction of sp³-hybridized carbons (Fsp3) is 0.455. The molecule has 0 amide bonds. The van der Waals surface area contributed by atoms with E-state index < -0.39 is 90.0 Å². The van der Waals surface area contributed by atoms with E-state index in [-0.39, 0.29) is 16.5 Å². The smallest absolute Gasteiger partial charge is 0.417 e. The summed E-state index contributed by atoms with van der Waals surface area (Å²) in [6.07, 6.45) is -6.48. The van der Waals surface area contributed by atoms with Crippen LogP contribution < -0.4 is 10.4 Å². The molecule has 0 saturated carbocycles. The van der Waals surface area contributed by atoms with E-state index in [0.717, 1.165) is 56.2 Å². The van der Waals surface area contributed by atoms with Gasteiger partial charge < -0.3 is 13.9 Å². The highest BCUT2D eigenvalue weighted by atomic mass is 19.4. The summed E-state index contributed by atoms with van der Waals surface area (Å²) < 4.78 is 170. The lowest BCUT2D eigenvalue weighted by Gasteiger charge is -2.36. The van der Waals surface area contributed by atoms with Gasteiger partial charge in [0.2, 0.25) is 0 Å². The van der Waals surface area contributed by atoms with Crippen molar-refractivity contribution < 1.29 is 67.0 Å². The van der Waals surface area contributed by atoms with E-state index >= 15 is 0 Å². The molecule has 0 aliphatic carbocycles. The molecule has 0 atom stereocenters. The van der Waals surface area contributed by atoms with Gasteiger partial charge in [0.1, 0.15) is 11.3 Å².